The zero-order valence-electron chi connectivity index (χ0n) is 11.6. The molecule has 6 heteroatoms. The van der Waals surface area contributed by atoms with Gasteiger partial charge in [0.15, 0.2) is 11.5 Å². The van der Waals surface area contributed by atoms with Crippen LogP contribution in [0.3, 0.4) is 0 Å². The topological polar surface area (TPSA) is 50.7 Å². The third kappa shape index (κ3) is 3.95. The summed E-state index contributed by atoms with van der Waals surface area (Å²) in [6, 6.07) is 8.92. The van der Waals surface area contributed by atoms with E-state index in [1.54, 1.807) is 19.2 Å². The lowest BCUT2D eigenvalue weighted by atomic mass is 10.1. The van der Waals surface area contributed by atoms with Crippen molar-refractivity contribution in [2.75, 3.05) is 19.5 Å². The van der Waals surface area contributed by atoms with Gasteiger partial charge in [0, 0.05) is 39.4 Å². The monoisotopic (exact) mass is 371 g/mol. The Morgan fingerprint density at radius 2 is 1.90 bits per heavy atom. The molecule has 4 nitrogen and oxygen atoms in total. The minimum Gasteiger partial charge on any atom is -0.504 e. The maximum absolute atomic E-state index is 10.1. The number of hydrogen-bond acceptors (Lipinski definition) is 4. The van der Waals surface area contributed by atoms with Gasteiger partial charge in [0.25, 0.3) is 0 Å². The van der Waals surface area contributed by atoms with E-state index in [0.717, 1.165) is 15.9 Å². The van der Waals surface area contributed by atoms with Gasteiger partial charge in [-0.05, 0) is 18.2 Å². The molecule has 0 saturated heterocycles. The van der Waals surface area contributed by atoms with Gasteiger partial charge in [-0.1, -0.05) is 27.5 Å². The number of phenols is 1. The number of ether oxygens (including phenoxy) is 2. The summed E-state index contributed by atoms with van der Waals surface area (Å²) in [6.45, 7) is 0.405. The normalized spacial score (nSPS) is 10.3. The standard InChI is InChI=1S/C15H15BrClNO3/c1-20-13-5-10(16)4-12(7-13)18-8-9-3-11(17)6-14(21-2)15(9)19/h3-7,18-19H,8H2,1-2H3. The Balaban J connectivity index is 2.20. The Kier molecular flexibility index (Phi) is 5.20. The predicted molar refractivity (Wildman–Crippen MR) is 87.7 cm³/mol. The van der Waals surface area contributed by atoms with Gasteiger partial charge < -0.3 is 19.9 Å². The molecular formula is C15H15BrClNO3. The number of benzene rings is 2. The Morgan fingerprint density at radius 3 is 2.57 bits per heavy atom. The molecule has 0 heterocycles. The molecule has 0 unspecified atom stereocenters. The summed E-state index contributed by atoms with van der Waals surface area (Å²) in [4.78, 5) is 0. The zero-order chi connectivity index (χ0) is 15.4. The SMILES string of the molecule is COc1cc(Br)cc(NCc2cc(Cl)cc(OC)c2O)c1. The van der Waals surface area contributed by atoms with Crippen molar-refractivity contribution >= 4 is 33.2 Å². The quantitative estimate of drug-likeness (QED) is 0.815. The van der Waals surface area contributed by atoms with Gasteiger partial charge in [-0.25, -0.2) is 0 Å². The van der Waals surface area contributed by atoms with Crippen molar-refractivity contribution in [1.82, 2.24) is 0 Å². The highest BCUT2D eigenvalue weighted by Crippen LogP contribution is 2.34. The number of methoxy groups -OCH3 is 2. The lowest BCUT2D eigenvalue weighted by molar-refractivity contribution is 0.371. The molecule has 0 fully saturated rings. The van der Waals surface area contributed by atoms with Crippen LogP contribution >= 0.6 is 27.5 Å². The van der Waals surface area contributed by atoms with Crippen LogP contribution in [0.2, 0.25) is 5.02 Å². The van der Waals surface area contributed by atoms with E-state index in [0.29, 0.717) is 22.9 Å². The Labute approximate surface area is 136 Å². The van der Waals surface area contributed by atoms with Crippen molar-refractivity contribution in [3.8, 4) is 17.2 Å². The first-order valence-corrected chi connectivity index (χ1v) is 7.34. The molecule has 0 radical (unpaired) electrons. The molecule has 112 valence electrons. The van der Waals surface area contributed by atoms with Crippen LogP contribution in [-0.4, -0.2) is 19.3 Å². The Bertz CT molecular complexity index is 649. The fourth-order valence-corrected chi connectivity index (χ4v) is 2.60. The first-order valence-electron chi connectivity index (χ1n) is 6.17. The van der Waals surface area contributed by atoms with E-state index in [-0.39, 0.29) is 5.75 Å². The van der Waals surface area contributed by atoms with Gasteiger partial charge in [-0.2, -0.15) is 0 Å². The van der Waals surface area contributed by atoms with E-state index < -0.39 is 0 Å². The van der Waals surface area contributed by atoms with E-state index in [1.807, 2.05) is 18.2 Å². The first kappa shape index (κ1) is 15.8. The lowest BCUT2D eigenvalue weighted by Gasteiger charge is -2.12. The van der Waals surface area contributed by atoms with E-state index in [4.69, 9.17) is 21.1 Å². The summed E-state index contributed by atoms with van der Waals surface area (Å²) in [5, 5.41) is 13.8. The molecule has 0 saturated carbocycles. The molecule has 0 spiro atoms. The number of rotatable bonds is 5. The molecular weight excluding hydrogens is 358 g/mol. The number of phenolic OH excluding ortho intramolecular Hbond substituents is 1. The highest BCUT2D eigenvalue weighted by molar-refractivity contribution is 9.10. The highest BCUT2D eigenvalue weighted by Gasteiger charge is 2.10. The predicted octanol–water partition coefficient (Wildman–Crippen LogP) is 4.44. The first-order chi connectivity index (χ1) is 10.0. The summed E-state index contributed by atoms with van der Waals surface area (Å²) in [7, 11) is 3.10. The molecule has 0 aliphatic heterocycles. The molecule has 2 N–H and O–H groups in total. The second-order valence-corrected chi connectivity index (χ2v) is 5.70. The molecule has 21 heavy (non-hydrogen) atoms. The Morgan fingerprint density at radius 1 is 1.14 bits per heavy atom. The molecule has 0 bridgehead atoms. The zero-order valence-corrected chi connectivity index (χ0v) is 14.0. The fraction of sp³-hybridized carbons (Fsp3) is 0.200. The van der Waals surface area contributed by atoms with Crippen LogP contribution in [-0.2, 0) is 6.54 Å². The molecule has 0 aliphatic rings. The second kappa shape index (κ2) is 6.91. The number of hydrogen-bond donors (Lipinski definition) is 2. The van der Waals surface area contributed by atoms with Crippen LogP contribution in [0.5, 0.6) is 17.2 Å². The average Bonchev–Trinajstić information content (AvgIpc) is 2.47. The van der Waals surface area contributed by atoms with Crippen molar-refractivity contribution < 1.29 is 14.6 Å². The van der Waals surface area contributed by atoms with E-state index >= 15 is 0 Å². The maximum atomic E-state index is 10.1. The number of halogens is 2. The molecule has 2 rings (SSSR count). The van der Waals surface area contributed by atoms with Crippen LogP contribution in [0.1, 0.15) is 5.56 Å². The summed E-state index contributed by atoms with van der Waals surface area (Å²) >= 11 is 9.43. The van der Waals surface area contributed by atoms with Gasteiger partial charge in [-0.15, -0.1) is 0 Å². The van der Waals surface area contributed by atoms with Crippen LogP contribution in [0.4, 0.5) is 5.69 Å². The minimum atomic E-state index is 0.0800. The summed E-state index contributed by atoms with van der Waals surface area (Å²) in [5.74, 6) is 1.17. The van der Waals surface area contributed by atoms with Crippen molar-refractivity contribution in [3.63, 3.8) is 0 Å². The Hall–Kier alpha value is -1.59. The van der Waals surface area contributed by atoms with Gasteiger partial charge in [0.2, 0.25) is 0 Å². The van der Waals surface area contributed by atoms with Crippen LogP contribution in [0.25, 0.3) is 0 Å². The molecule has 2 aromatic rings. The largest absolute Gasteiger partial charge is 0.504 e. The lowest BCUT2D eigenvalue weighted by Crippen LogP contribution is -2.01. The number of nitrogens with one attached hydrogen (secondary N) is 1. The summed E-state index contributed by atoms with van der Waals surface area (Å²) < 4.78 is 11.2. The number of aromatic hydroxyl groups is 1. The molecule has 0 aromatic heterocycles. The van der Waals surface area contributed by atoms with Crippen molar-refractivity contribution in [1.29, 1.82) is 0 Å². The van der Waals surface area contributed by atoms with E-state index in [2.05, 4.69) is 21.2 Å². The van der Waals surface area contributed by atoms with E-state index in [1.165, 1.54) is 7.11 Å². The minimum absolute atomic E-state index is 0.0800. The number of anilines is 1. The van der Waals surface area contributed by atoms with Gasteiger partial charge in [-0.3, -0.25) is 0 Å². The van der Waals surface area contributed by atoms with Crippen LogP contribution in [0, 0.1) is 0 Å². The van der Waals surface area contributed by atoms with Crippen LogP contribution in [0.15, 0.2) is 34.8 Å². The second-order valence-electron chi connectivity index (χ2n) is 4.35. The fourth-order valence-electron chi connectivity index (χ4n) is 1.90. The molecule has 0 aliphatic carbocycles. The molecule has 0 amide bonds. The van der Waals surface area contributed by atoms with Gasteiger partial charge >= 0.3 is 0 Å². The van der Waals surface area contributed by atoms with Gasteiger partial charge in [0.05, 0.1) is 14.2 Å². The third-order valence-corrected chi connectivity index (χ3v) is 3.60. The molecule has 2 aromatic carbocycles. The van der Waals surface area contributed by atoms with E-state index in [9.17, 15) is 5.11 Å². The summed E-state index contributed by atoms with van der Waals surface area (Å²) in [5.41, 5.74) is 1.51. The third-order valence-electron chi connectivity index (χ3n) is 2.93. The van der Waals surface area contributed by atoms with Crippen LogP contribution < -0.4 is 14.8 Å². The maximum Gasteiger partial charge on any atom is 0.162 e. The average molecular weight is 373 g/mol. The molecule has 0 atom stereocenters. The van der Waals surface area contributed by atoms with Crippen molar-refractivity contribution in [2.45, 2.75) is 6.54 Å². The smallest absolute Gasteiger partial charge is 0.162 e. The van der Waals surface area contributed by atoms with Crippen molar-refractivity contribution in [2.24, 2.45) is 0 Å². The van der Waals surface area contributed by atoms with Crippen molar-refractivity contribution in [3.05, 3.63) is 45.4 Å². The summed E-state index contributed by atoms with van der Waals surface area (Å²) in [6.07, 6.45) is 0. The highest BCUT2D eigenvalue weighted by atomic mass is 79.9. The van der Waals surface area contributed by atoms with Gasteiger partial charge in [0.1, 0.15) is 5.75 Å².